The van der Waals surface area contributed by atoms with E-state index < -0.39 is 0 Å². The van der Waals surface area contributed by atoms with Crippen molar-refractivity contribution in [2.45, 2.75) is 6.42 Å². The maximum atomic E-state index is 9.01. The Kier molecular flexibility index (Phi) is 5.46. The minimum absolute atomic E-state index is 0.635. The van der Waals surface area contributed by atoms with Crippen LogP contribution < -0.4 is 5.32 Å². The fourth-order valence-corrected chi connectivity index (χ4v) is 2.28. The molecule has 0 atom stereocenters. The van der Waals surface area contributed by atoms with Gasteiger partial charge in [0.15, 0.2) is 0 Å². The summed E-state index contributed by atoms with van der Waals surface area (Å²) in [5, 5.41) is 12.9. The monoisotopic (exact) mass is 279 g/mol. The predicted octanol–water partition coefficient (Wildman–Crippen LogP) is 2.35. The van der Waals surface area contributed by atoms with Gasteiger partial charge >= 0.3 is 0 Å². The average molecular weight is 280 g/mol. The first kappa shape index (κ1) is 14.1. The summed E-state index contributed by atoms with van der Waals surface area (Å²) in [6.07, 6.45) is 1.04. The van der Waals surface area contributed by atoms with Crippen molar-refractivity contribution in [1.82, 2.24) is 4.90 Å². The number of ether oxygens (including phenoxy) is 1. The summed E-state index contributed by atoms with van der Waals surface area (Å²) in [5.74, 6) is 0. The van der Waals surface area contributed by atoms with E-state index in [0.29, 0.717) is 10.6 Å². The van der Waals surface area contributed by atoms with Crippen LogP contribution in [0, 0.1) is 11.3 Å². The molecule has 1 aliphatic heterocycles. The van der Waals surface area contributed by atoms with Crippen LogP contribution in [0.2, 0.25) is 5.02 Å². The second-order valence-electron chi connectivity index (χ2n) is 4.54. The summed E-state index contributed by atoms with van der Waals surface area (Å²) in [6, 6.07) is 7.44. The molecule has 5 heteroatoms. The molecule has 1 aromatic rings. The maximum Gasteiger partial charge on any atom is 0.101 e. The molecule has 0 radical (unpaired) electrons. The summed E-state index contributed by atoms with van der Waals surface area (Å²) in [7, 11) is 0. The number of hydrogen-bond acceptors (Lipinski definition) is 4. The van der Waals surface area contributed by atoms with Crippen LogP contribution in [0.15, 0.2) is 18.2 Å². The van der Waals surface area contributed by atoms with Gasteiger partial charge in [0.1, 0.15) is 6.07 Å². The van der Waals surface area contributed by atoms with E-state index in [1.165, 1.54) is 0 Å². The number of morpholine rings is 1. The molecule has 0 aromatic heterocycles. The van der Waals surface area contributed by atoms with E-state index in [-0.39, 0.29) is 0 Å². The van der Waals surface area contributed by atoms with Crippen LogP contribution in [0.25, 0.3) is 0 Å². The molecular weight excluding hydrogens is 262 g/mol. The molecule has 1 fully saturated rings. The molecule has 1 aromatic carbocycles. The highest BCUT2D eigenvalue weighted by atomic mass is 35.5. The van der Waals surface area contributed by atoms with Gasteiger partial charge in [0.05, 0.1) is 24.5 Å². The first-order valence-electron chi connectivity index (χ1n) is 6.53. The van der Waals surface area contributed by atoms with E-state index in [1.54, 1.807) is 18.2 Å². The largest absolute Gasteiger partial charge is 0.384 e. The summed E-state index contributed by atoms with van der Waals surface area (Å²) in [4.78, 5) is 2.40. The molecule has 0 aliphatic carbocycles. The molecule has 2 rings (SSSR count). The van der Waals surface area contributed by atoms with Crippen molar-refractivity contribution in [1.29, 1.82) is 5.26 Å². The molecule has 1 heterocycles. The summed E-state index contributed by atoms with van der Waals surface area (Å²) < 4.78 is 5.31. The lowest BCUT2D eigenvalue weighted by Gasteiger charge is -2.26. The smallest absolute Gasteiger partial charge is 0.101 e. The maximum absolute atomic E-state index is 9.01. The van der Waals surface area contributed by atoms with Gasteiger partial charge in [-0.05, 0) is 31.2 Å². The number of nitriles is 1. The van der Waals surface area contributed by atoms with E-state index >= 15 is 0 Å². The molecule has 0 saturated carbocycles. The standard InChI is InChI=1S/C14H18ClN3O/c15-13-3-2-12(11-16)14(10-13)17-4-1-5-18-6-8-19-9-7-18/h2-3,10,17H,1,4-9H2. The number of benzene rings is 1. The van der Waals surface area contributed by atoms with E-state index in [1.807, 2.05) is 0 Å². The zero-order chi connectivity index (χ0) is 13.5. The Balaban J connectivity index is 1.76. The van der Waals surface area contributed by atoms with Gasteiger partial charge in [0, 0.05) is 24.7 Å². The van der Waals surface area contributed by atoms with Gasteiger partial charge in [-0.25, -0.2) is 0 Å². The van der Waals surface area contributed by atoms with Crippen molar-refractivity contribution in [3.05, 3.63) is 28.8 Å². The van der Waals surface area contributed by atoms with E-state index in [2.05, 4.69) is 16.3 Å². The van der Waals surface area contributed by atoms with Gasteiger partial charge in [0.2, 0.25) is 0 Å². The number of rotatable bonds is 5. The number of halogens is 1. The molecule has 4 nitrogen and oxygen atoms in total. The summed E-state index contributed by atoms with van der Waals surface area (Å²) in [6.45, 7) is 5.59. The van der Waals surface area contributed by atoms with Gasteiger partial charge in [-0.1, -0.05) is 11.6 Å². The van der Waals surface area contributed by atoms with Crippen LogP contribution in [0.1, 0.15) is 12.0 Å². The first-order valence-corrected chi connectivity index (χ1v) is 6.91. The number of nitrogens with one attached hydrogen (secondary N) is 1. The first-order chi connectivity index (χ1) is 9.29. The summed E-state index contributed by atoms with van der Waals surface area (Å²) in [5.41, 5.74) is 1.45. The number of hydrogen-bond donors (Lipinski definition) is 1. The molecule has 0 bridgehead atoms. The SMILES string of the molecule is N#Cc1ccc(Cl)cc1NCCCN1CCOCC1. The Labute approximate surface area is 118 Å². The Morgan fingerprint density at radius 1 is 1.37 bits per heavy atom. The average Bonchev–Trinajstić information content (AvgIpc) is 2.45. The van der Waals surface area contributed by atoms with Gasteiger partial charge in [-0.2, -0.15) is 5.26 Å². The van der Waals surface area contributed by atoms with Crippen LogP contribution in [0.3, 0.4) is 0 Å². The van der Waals surface area contributed by atoms with E-state index in [4.69, 9.17) is 21.6 Å². The van der Waals surface area contributed by atoms with Crippen molar-refractivity contribution in [2.24, 2.45) is 0 Å². The van der Waals surface area contributed by atoms with Crippen LogP contribution in [0.4, 0.5) is 5.69 Å². The molecule has 1 N–H and O–H groups in total. The highest BCUT2D eigenvalue weighted by molar-refractivity contribution is 6.30. The van der Waals surface area contributed by atoms with Crippen LogP contribution >= 0.6 is 11.6 Å². The quantitative estimate of drug-likeness (QED) is 0.841. The molecule has 102 valence electrons. The fraction of sp³-hybridized carbons (Fsp3) is 0.500. The zero-order valence-corrected chi connectivity index (χ0v) is 11.6. The lowest BCUT2D eigenvalue weighted by atomic mass is 10.2. The van der Waals surface area contributed by atoms with Crippen LogP contribution in [-0.4, -0.2) is 44.3 Å². The van der Waals surface area contributed by atoms with E-state index in [9.17, 15) is 0 Å². The Hall–Kier alpha value is -1.28. The third-order valence-electron chi connectivity index (χ3n) is 3.17. The normalized spacial score (nSPS) is 16.0. The number of anilines is 1. The zero-order valence-electron chi connectivity index (χ0n) is 10.9. The molecule has 0 unspecified atom stereocenters. The van der Waals surface area contributed by atoms with Crippen molar-refractivity contribution >= 4 is 17.3 Å². The highest BCUT2D eigenvalue weighted by Crippen LogP contribution is 2.20. The lowest BCUT2D eigenvalue weighted by Crippen LogP contribution is -2.37. The molecule has 1 saturated heterocycles. The molecule has 19 heavy (non-hydrogen) atoms. The molecule has 0 amide bonds. The van der Waals surface area contributed by atoms with Crippen molar-refractivity contribution in [3.8, 4) is 6.07 Å². The summed E-state index contributed by atoms with van der Waals surface area (Å²) >= 11 is 5.94. The third-order valence-corrected chi connectivity index (χ3v) is 3.41. The highest BCUT2D eigenvalue weighted by Gasteiger charge is 2.09. The van der Waals surface area contributed by atoms with Crippen LogP contribution in [-0.2, 0) is 4.74 Å². The van der Waals surface area contributed by atoms with Crippen molar-refractivity contribution < 1.29 is 4.74 Å². The second-order valence-corrected chi connectivity index (χ2v) is 4.97. The van der Waals surface area contributed by atoms with Crippen molar-refractivity contribution in [3.63, 3.8) is 0 Å². The minimum Gasteiger partial charge on any atom is -0.384 e. The van der Waals surface area contributed by atoms with E-state index in [0.717, 1.165) is 51.5 Å². The second kappa shape index (κ2) is 7.34. The van der Waals surface area contributed by atoms with Crippen molar-refractivity contribution in [2.75, 3.05) is 44.7 Å². The Morgan fingerprint density at radius 3 is 2.89 bits per heavy atom. The van der Waals surface area contributed by atoms with Gasteiger partial charge in [0.25, 0.3) is 0 Å². The lowest BCUT2D eigenvalue weighted by molar-refractivity contribution is 0.0378. The topological polar surface area (TPSA) is 48.3 Å². The predicted molar refractivity (Wildman–Crippen MR) is 76.5 cm³/mol. The Bertz CT molecular complexity index is 452. The third kappa shape index (κ3) is 4.39. The minimum atomic E-state index is 0.635. The molecule has 0 spiro atoms. The van der Waals surface area contributed by atoms with Gasteiger partial charge in [-0.15, -0.1) is 0 Å². The molecular formula is C14H18ClN3O. The number of nitrogens with zero attached hydrogens (tertiary/aromatic N) is 2. The fourth-order valence-electron chi connectivity index (χ4n) is 2.11. The molecule has 1 aliphatic rings. The van der Waals surface area contributed by atoms with Gasteiger partial charge in [-0.3, -0.25) is 4.90 Å². The Morgan fingerprint density at radius 2 is 2.16 bits per heavy atom. The van der Waals surface area contributed by atoms with Crippen LogP contribution in [0.5, 0.6) is 0 Å². The van der Waals surface area contributed by atoms with Gasteiger partial charge < -0.3 is 10.1 Å².